The number of hydrogen-bond acceptors (Lipinski definition) is 3. The maximum absolute atomic E-state index is 12.4. The lowest BCUT2D eigenvalue weighted by atomic mass is 10.1. The van der Waals surface area contributed by atoms with Crippen molar-refractivity contribution in [1.29, 1.82) is 0 Å². The Morgan fingerprint density at radius 2 is 1.71 bits per heavy atom. The Hall–Kier alpha value is -2.20. The van der Waals surface area contributed by atoms with Crippen molar-refractivity contribution in [2.45, 2.75) is 12.8 Å². The summed E-state index contributed by atoms with van der Waals surface area (Å²) in [5.74, 6) is 0.0969. The minimum atomic E-state index is 0.0226. The van der Waals surface area contributed by atoms with Gasteiger partial charge in [0, 0.05) is 5.92 Å². The molecule has 4 heteroatoms. The molecule has 1 aliphatic rings. The van der Waals surface area contributed by atoms with E-state index in [0.29, 0.717) is 5.13 Å². The maximum atomic E-state index is 12.4. The summed E-state index contributed by atoms with van der Waals surface area (Å²) in [7, 11) is 0. The van der Waals surface area contributed by atoms with E-state index in [2.05, 4.69) is 22.4 Å². The molecular weight excluding hydrogens is 280 g/mol. The normalized spacial score (nSPS) is 14.3. The summed E-state index contributed by atoms with van der Waals surface area (Å²) in [6, 6.07) is 16.2. The second-order valence-electron chi connectivity index (χ2n) is 5.35. The fraction of sp³-hybridized carbons (Fsp3) is 0.176. The van der Waals surface area contributed by atoms with E-state index in [1.54, 1.807) is 0 Å². The molecule has 0 fully saturated rings. The van der Waals surface area contributed by atoms with Crippen molar-refractivity contribution < 1.29 is 4.79 Å². The topological polar surface area (TPSA) is 42.0 Å². The van der Waals surface area contributed by atoms with Gasteiger partial charge in [-0.3, -0.25) is 4.79 Å². The average molecular weight is 294 g/mol. The number of anilines is 1. The SMILES string of the molecule is O=C(Nc1nc2ccccc2s1)C1Cc2ccccc2C1. The van der Waals surface area contributed by atoms with Crippen LogP contribution in [0, 0.1) is 5.92 Å². The van der Waals surface area contributed by atoms with Crippen molar-refractivity contribution >= 4 is 32.6 Å². The fourth-order valence-electron chi connectivity index (χ4n) is 2.88. The van der Waals surface area contributed by atoms with E-state index in [4.69, 9.17) is 0 Å². The summed E-state index contributed by atoms with van der Waals surface area (Å²) in [5.41, 5.74) is 3.52. The molecule has 0 unspecified atom stereocenters. The lowest BCUT2D eigenvalue weighted by molar-refractivity contribution is -0.119. The quantitative estimate of drug-likeness (QED) is 0.784. The van der Waals surface area contributed by atoms with Crippen molar-refractivity contribution in [3.63, 3.8) is 0 Å². The third-order valence-corrected chi connectivity index (χ3v) is 4.90. The lowest BCUT2D eigenvalue weighted by Gasteiger charge is -2.07. The maximum Gasteiger partial charge on any atom is 0.229 e. The van der Waals surface area contributed by atoms with Crippen molar-refractivity contribution in [1.82, 2.24) is 4.98 Å². The van der Waals surface area contributed by atoms with Gasteiger partial charge in [0.25, 0.3) is 0 Å². The van der Waals surface area contributed by atoms with Crippen LogP contribution in [0.15, 0.2) is 48.5 Å². The van der Waals surface area contributed by atoms with Crippen LogP contribution in [0.2, 0.25) is 0 Å². The van der Waals surface area contributed by atoms with E-state index in [0.717, 1.165) is 23.1 Å². The minimum Gasteiger partial charge on any atom is -0.302 e. The van der Waals surface area contributed by atoms with E-state index in [1.165, 1.54) is 22.5 Å². The van der Waals surface area contributed by atoms with Gasteiger partial charge in [-0.25, -0.2) is 4.98 Å². The first-order chi connectivity index (χ1) is 10.3. The Labute approximate surface area is 126 Å². The van der Waals surface area contributed by atoms with Crippen LogP contribution >= 0.6 is 11.3 Å². The lowest BCUT2D eigenvalue weighted by Crippen LogP contribution is -2.23. The number of aromatic nitrogens is 1. The monoisotopic (exact) mass is 294 g/mol. The highest BCUT2D eigenvalue weighted by atomic mass is 32.1. The standard InChI is InChI=1S/C17H14N2OS/c20-16(13-9-11-5-1-2-6-12(11)10-13)19-17-18-14-7-3-4-8-15(14)21-17/h1-8,13H,9-10H2,(H,18,19,20). The zero-order valence-electron chi connectivity index (χ0n) is 11.4. The van der Waals surface area contributed by atoms with E-state index in [1.807, 2.05) is 36.4 Å². The number of fused-ring (bicyclic) bond motifs is 2. The number of hydrogen-bond donors (Lipinski definition) is 1. The van der Waals surface area contributed by atoms with E-state index < -0.39 is 0 Å². The molecule has 2 aromatic carbocycles. The second-order valence-corrected chi connectivity index (χ2v) is 6.38. The molecule has 0 saturated carbocycles. The van der Waals surface area contributed by atoms with E-state index >= 15 is 0 Å². The number of thiazole rings is 1. The van der Waals surface area contributed by atoms with Crippen molar-refractivity contribution in [3.05, 3.63) is 59.7 Å². The first-order valence-electron chi connectivity index (χ1n) is 7.03. The van der Waals surface area contributed by atoms with Crippen molar-refractivity contribution in [2.24, 2.45) is 5.92 Å². The molecule has 3 aromatic rings. The van der Waals surface area contributed by atoms with Gasteiger partial charge in [0.1, 0.15) is 0 Å². The number of carbonyl (C=O) groups is 1. The third kappa shape index (κ3) is 2.32. The molecule has 0 aliphatic heterocycles. The molecule has 0 spiro atoms. The van der Waals surface area contributed by atoms with Crippen LogP contribution in [0.5, 0.6) is 0 Å². The molecule has 4 rings (SSSR count). The van der Waals surface area contributed by atoms with Crippen molar-refractivity contribution in [3.8, 4) is 0 Å². The van der Waals surface area contributed by atoms with Gasteiger partial charge in [0.2, 0.25) is 5.91 Å². The van der Waals surface area contributed by atoms with Crippen LogP contribution in [0.3, 0.4) is 0 Å². The second kappa shape index (κ2) is 4.97. The third-order valence-electron chi connectivity index (χ3n) is 3.95. The van der Waals surface area contributed by atoms with Gasteiger partial charge in [-0.15, -0.1) is 0 Å². The molecule has 1 N–H and O–H groups in total. The molecule has 0 radical (unpaired) electrons. The van der Waals surface area contributed by atoms with Gasteiger partial charge < -0.3 is 5.32 Å². The van der Waals surface area contributed by atoms with Crippen LogP contribution < -0.4 is 5.32 Å². The zero-order valence-corrected chi connectivity index (χ0v) is 12.2. The Bertz CT molecular complexity index is 766. The Morgan fingerprint density at radius 1 is 1.05 bits per heavy atom. The minimum absolute atomic E-state index is 0.0226. The highest BCUT2D eigenvalue weighted by Crippen LogP contribution is 2.29. The number of amides is 1. The van der Waals surface area contributed by atoms with E-state index in [-0.39, 0.29) is 11.8 Å². The van der Waals surface area contributed by atoms with Crippen LogP contribution in [0.4, 0.5) is 5.13 Å². The van der Waals surface area contributed by atoms with Gasteiger partial charge in [-0.1, -0.05) is 47.7 Å². The summed E-state index contributed by atoms with van der Waals surface area (Å²) >= 11 is 1.53. The molecule has 1 heterocycles. The van der Waals surface area contributed by atoms with Crippen LogP contribution in [-0.4, -0.2) is 10.9 Å². The molecule has 1 amide bonds. The van der Waals surface area contributed by atoms with E-state index in [9.17, 15) is 4.79 Å². The summed E-state index contributed by atoms with van der Waals surface area (Å²) in [6.07, 6.45) is 1.65. The number of para-hydroxylation sites is 1. The molecule has 0 atom stereocenters. The van der Waals surface area contributed by atoms with Gasteiger partial charge in [0.05, 0.1) is 10.2 Å². The molecule has 0 bridgehead atoms. The predicted molar refractivity (Wildman–Crippen MR) is 85.6 cm³/mol. The van der Waals surface area contributed by atoms with Gasteiger partial charge >= 0.3 is 0 Å². The smallest absolute Gasteiger partial charge is 0.229 e. The molecule has 21 heavy (non-hydrogen) atoms. The highest BCUT2D eigenvalue weighted by Gasteiger charge is 2.27. The summed E-state index contributed by atoms with van der Waals surface area (Å²) < 4.78 is 1.10. The van der Waals surface area contributed by atoms with Gasteiger partial charge in [0.15, 0.2) is 5.13 Å². The first kappa shape index (κ1) is 12.5. The summed E-state index contributed by atoms with van der Waals surface area (Å²) in [6.45, 7) is 0. The Kier molecular flexibility index (Phi) is 2.97. The first-order valence-corrected chi connectivity index (χ1v) is 7.84. The van der Waals surface area contributed by atoms with Gasteiger partial charge in [-0.05, 0) is 36.1 Å². The largest absolute Gasteiger partial charge is 0.302 e. The van der Waals surface area contributed by atoms with Gasteiger partial charge in [-0.2, -0.15) is 0 Å². The predicted octanol–water partition coefficient (Wildman–Crippen LogP) is 3.65. The van der Waals surface area contributed by atoms with Crippen molar-refractivity contribution in [2.75, 3.05) is 5.32 Å². The highest BCUT2D eigenvalue weighted by molar-refractivity contribution is 7.22. The molecule has 3 nitrogen and oxygen atoms in total. The Morgan fingerprint density at radius 3 is 2.43 bits per heavy atom. The molecule has 104 valence electrons. The number of benzene rings is 2. The summed E-state index contributed by atoms with van der Waals surface area (Å²) in [5, 5.41) is 3.67. The average Bonchev–Trinajstić information content (AvgIpc) is 3.10. The fourth-order valence-corrected chi connectivity index (χ4v) is 3.75. The molecule has 1 aliphatic carbocycles. The zero-order chi connectivity index (χ0) is 14.2. The number of nitrogens with zero attached hydrogens (tertiary/aromatic N) is 1. The molecule has 0 saturated heterocycles. The Balaban J connectivity index is 1.52. The summed E-state index contributed by atoms with van der Waals surface area (Å²) in [4.78, 5) is 16.9. The number of carbonyl (C=O) groups excluding carboxylic acids is 1. The number of rotatable bonds is 2. The van der Waals surface area contributed by atoms with Crippen LogP contribution in [-0.2, 0) is 17.6 Å². The number of nitrogens with one attached hydrogen (secondary N) is 1. The molecular formula is C17H14N2OS. The van der Waals surface area contributed by atoms with Crippen LogP contribution in [0.25, 0.3) is 10.2 Å². The van der Waals surface area contributed by atoms with Crippen LogP contribution in [0.1, 0.15) is 11.1 Å². The molecule has 1 aromatic heterocycles.